The Morgan fingerprint density at radius 2 is 2.25 bits per heavy atom. The van der Waals surface area contributed by atoms with E-state index in [1.807, 2.05) is 6.08 Å². The molecule has 0 aromatic rings. The van der Waals surface area contributed by atoms with Crippen molar-refractivity contribution in [3.8, 4) is 0 Å². The minimum absolute atomic E-state index is 0.539. The molecule has 0 fully saturated rings. The second kappa shape index (κ2) is 2.53. The lowest BCUT2D eigenvalue weighted by molar-refractivity contribution is 0.488. The van der Waals surface area contributed by atoms with E-state index in [1.54, 1.807) is 0 Å². The van der Waals surface area contributed by atoms with Crippen LogP contribution in [0.1, 0.15) is 0 Å². The molecule has 44 valence electrons. The molecule has 1 atom stereocenters. The molecule has 0 bridgehead atoms. The van der Waals surface area contributed by atoms with Gasteiger partial charge in [0.05, 0.1) is 4.05 Å². The van der Waals surface area contributed by atoms with Gasteiger partial charge in [-0.3, -0.25) is 0 Å². The van der Waals surface area contributed by atoms with Crippen LogP contribution >= 0.6 is 22.6 Å². The smallest absolute Gasteiger partial charge is 0.0987 e. The normalized spacial score (nSPS) is 26.8. The van der Waals surface area contributed by atoms with Gasteiger partial charge in [-0.2, -0.15) is 0 Å². The molecule has 0 amide bonds. The molecule has 8 heavy (non-hydrogen) atoms. The van der Waals surface area contributed by atoms with E-state index in [9.17, 15) is 0 Å². The van der Waals surface area contributed by atoms with E-state index < -0.39 is 0 Å². The summed E-state index contributed by atoms with van der Waals surface area (Å²) < 4.78 is 0.539. The number of likely N-dealkylation sites (N-methyl/N-ethyl adjacent to an activating group) is 1. The maximum absolute atomic E-state index is 2.37. The van der Waals surface area contributed by atoms with Crippen LogP contribution in [0.3, 0.4) is 0 Å². The Labute approximate surface area is 63.2 Å². The number of alkyl halides is 1. The minimum atomic E-state index is 0.539. The standard InChI is InChI=1S/C6H8IN/c1-8-5-3-2-4-6(8)7/h2-6H,1H3. The van der Waals surface area contributed by atoms with E-state index in [1.165, 1.54) is 0 Å². The largest absolute Gasteiger partial charge is 0.365 e. The first-order valence-corrected chi connectivity index (χ1v) is 3.76. The molecule has 0 aliphatic carbocycles. The second-order valence-corrected chi connectivity index (χ2v) is 3.04. The van der Waals surface area contributed by atoms with E-state index in [0.29, 0.717) is 4.05 Å². The number of hydrogen-bond acceptors (Lipinski definition) is 1. The van der Waals surface area contributed by atoms with Crippen LogP contribution in [0, 0.1) is 0 Å². The zero-order valence-corrected chi connectivity index (χ0v) is 6.87. The fraction of sp³-hybridized carbons (Fsp3) is 0.333. The van der Waals surface area contributed by atoms with Gasteiger partial charge in [-0.25, -0.2) is 0 Å². The highest BCUT2D eigenvalue weighted by Crippen LogP contribution is 2.11. The van der Waals surface area contributed by atoms with E-state index in [0.717, 1.165) is 0 Å². The van der Waals surface area contributed by atoms with Gasteiger partial charge < -0.3 is 4.90 Å². The van der Waals surface area contributed by atoms with Crippen molar-refractivity contribution in [2.75, 3.05) is 7.05 Å². The topological polar surface area (TPSA) is 3.24 Å². The number of nitrogens with zero attached hydrogens (tertiary/aromatic N) is 1. The summed E-state index contributed by atoms with van der Waals surface area (Å²) in [6.07, 6.45) is 8.32. The number of halogens is 1. The molecule has 1 aliphatic heterocycles. The molecule has 0 saturated heterocycles. The molecule has 1 heterocycles. The Balaban J connectivity index is 2.59. The number of allylic oxidation sites excluding steroid dienone is 2. The van der Waals surface area contributed by atoms with Gasteiger partial charge in [0, 0.05) is 13.2 Å². The van der Waals surface area contributed by atoms with Crippen LogP contribution in [-0.4, -0.2) is 16.0 Å². The number of rotatable bonds is 0. The van der Waals surface area contributed by atoms with Crippen molar-refractivity contribution >= 4 is 22.6 Å². The molecule has 0 spiro atoms. The zero-order valence-electron chi connectivity index (χ0n) is 4.71. The molecule has 1 rings (SSSR count). The lowest BCUT2D eigenvalue weighted by Gasteiger charge is -2.19. The molecule has 0 N–H and O–H groups in total. The predicted octanol–water partition coefficient (Wildman–Crippen LogP) is 1.76. The average Bonchev–Trinajstić information content (AvgIpc) is 1.77. The fourth-order valence-electron chi connectivity index (χ4n) is 0.559. The van der Waals surface area contributed by atoms with Gasteiger partial charge in [-0.15, -0.1) is 0 Å². The van der Waals surface area contributed by atoms with Crippen LogP contribution in [0.2, 0.25) is 0 Å². The van der Waals surface area contributed by atoms with Crippen LogP contribution in [0.5, 0.6) is 0 Å². The average molecular weight is 221 g/mol. The van der Waals surface area contributed by atoms with E-state index in [2.05, 4.69) is 52.9 Å². The third kappa shape index (κ3) is 1.24. The highest BCUT2D eigenvalue weighted by atomic mass is 127. The van der Waals surface area contributed by atoms with E-state index >= 15 is 0 Å². The third-order valence-electron chi connectivity index (χ3n) is 1.09. The van der Waals surface area contributed by atoms with Crippen molar-refractivity contribution in [2.24, 2.45) is 0 Å². The van der Waals surface area contributed by atoms with Crippen molar-refractivity contribution in [1.82, 2.24) is 4.90 Å². The van der Waals surface area contributed by atoms with Crippen LogP contribution in [-0.2, 0) is 0 Å². The molecule has 1 aliphatic rings. The van der Waals surface area contributed by atoms with E-state index in [4.69, 9.17) is 0 Å². The van der Waals surface area contributed by atoms with Gasteiger partial charge in [-0.05, 0) is 6.08 Å². The summed E-state index contributed by atoms with van der Waals surface area (Å²) >= 11 is 2.37. The van der Waals surface area contributed by atoms with Crippen LogP contribution in [0.25, 0.3) is 0 Å². The molecule has 0 aromatic heterocycles. The highest BCUT2D eigenvalue weighted by Gasteiger charge is 2.02. The maximum atomic E-state index is 2.37. The summed E-state index contributed by atoms with van der Waals surface area (Å²) in [5.74, 6) is 0. The summed E-state index contributed by atoms with van der Waals surface area (Å²) in [7, 11) is 2.07. The van der Waals surface area contributed by atoms with Gasteiger partial charge >= 0.3 is 0 Å². The first-order valence-electron chi connectivity index (χ1n) is 2.52. The van der Waals surface area contributed by atoms with Gasteiger partial charge in [0.25, 0.3) is 0 Å². The summed E-state index contributed by atoms with van der Waals surface area (Å²) in [5, 5.41) is 0. The highest BCUT2D eigenvalue weighted by molar-refractivity contribution is 14.1. The lowest BCUT2D eigenvalue weighted by atomic mass is 10.4. The van der Waals surface area contributed by atoms with Crippen molar-refractivity contribution in [1.29, 1.82) is 0 Å². The second-order valence-electron chi connectivity index (χ2n) is 1.76. The summed E-state index contributed by atoms with van der Waals surface area (Å²) in [5.41, 5.74) is 0. The Bertz CT molecular complexity index is 112. The Kier molecular flexibility index (Phi) is 1.94. The van der Waals surface area contributed by atoms with Gasteiger partial charge in [0.2, 0.25) is 0 Å². The Morgan fingerprint density at radius 1 is 1.50 bits per heavy atom. The van der Waals surface area contributed by atoms with Crippen molar-refractivity contribution in [2.45, 2.75) is 4.05 Å². The van der Waals surface area contributed by atoms with Crippen molar-refractivity contribution < 1.29 is 0 Å². The summed E-state index contributed by atoms with van der Waals surface area (Å²) in [4.78, 5) is 2.15. The molecular formula is C6H8IN. The van der Waals surface area contributed by atoms with Gasteiger partial charge in [0.15, 0.2) is 0 Å². The maximum Gasteiger partial charge on any atom is 0.0987 e. The van der Waals surface area contributed by atoms with Crippen molar-refractivity contribution in [3.05, 3.63) is 24.4 Å². The zero-order chi connectivity index (χ0) is 5.98. The summed E-state index contributed by atoms with van der Waals surface area (Å²) in [6, 6.07) is 0. The molecular weight excluding hydrogens is 213 g/mol. The first kappa shape index (κ1) is 6.13. The van der Waals surface area contributed by atoms with Crippen LogP contribution < -0.4 is 0 Å². The fourth-order valence-corrected chi connectivity index (χ4v) is 0.985. The monoisotopic (exact) mass is 221 g/mol. The molecule has 1 unspecified atom stereocenters. The van der Waals surface area contributed by atoms with Gasteiger partial charge in [-0.1, -0.05) is 34.7 Å². The molecule has 0 aromatic carbocycles. The first-order chi connectivity index (χ1) is 3.80. The SMILES string of the molecule is CN1C=CC=CC1I. The quantitative estimate of drug-likeness (QED) is 0.342. The van der Waals surface area contributed by atoms with Crippen LogP contribution in [0.4, 0.5) is 0 Å². The number of hydrogen-bond donors (Lipinski definition) is 0. The van der Waals surface area contributed by atoms with Gasteiger partial charge in [0.1, 0.15) is 0 Å². The predicted molar refractivity (Wildman–Crippen MR) is 43.9 cm³/mol. The third-order valence-corrected chi connectivity index (χ3v) is 2.39. The molecule has 0 saturated carbocycles. The van der Waals surface area contributed by atoms with E-state index in [-0.39, 0.29) is 0 Å². The van der Waals surface area contributed by atoms with Crippen LogP contribution in [0.15, 0.2) is 24.4 Å². The lowest BCUT2D eigenvalue weighted by Crippen LogP contribution is -2.19. The molecule has 1 nitrogen and oxygen atoms in total. The van der Waals surface area contributed by atoms with Crippen molar-refractivity contribution in [3.63, 3.8) is 0 Å². The summed E-state index contributed by atoms with van der Waals surface area (Å²) in [6.45, 7) is 0. The molecule has 2 heteroatoms. The minimum Gasteiger partial charge on any atom is -0.365 e. The molecule has 0 radical (unpaired) electrons. The Hall–Kier alpha value is 0.01000. The Morgan fingerprint density at radius 3 is 2.62 bits per heavy atom.